The normalized spacial score (nSPS) is 11.5. The van der Waals surface area contributed by atoms with Gasteiger partial charge in [0.1, 0.15) is 5.25 Å². The summed E-state index contributed by atoms with van der Waals surface area (Å²) in [6.45, 7) is 3.99. The third-order valence-corrected chi connectivity index (χ3v) is 5.79. The average molecular weight is 419 g/mol. The molecule has 5 heteroatoms. The first kappa shape index (κ1) is 21.7. The van der Waals surface area contributed by atoms with Gasteiger partial charge in [-0.2, -0.15) is 0 Å². The largest absolute Gasteiger partial charge is 0.326 e. The van der Waals surface area contributed by atoms with Gasteiger partial charge in [-0.1, -0.05) is 55.0 Å². The number of hydrogen-bond donors (Lipinski definition) is 2. The standard InChI is InChI=1S/C25H26N2O2S/c1-3-7-23(28)26-20-14-16-22(17-15-20)30-24(19-8-5-4-6-9-19)25(29)27-21-12-10-18(2)11-13-21/h4-6,8-17,24H,3,7H2,1-2H3,(H,26,28)(H,27,29). The van der Waals surface area contributed by atoms with E-state index in [9.17, 15) is 9.59 Å². The molecule has 2 amide bonds. The molecule has 0 saturated heterocycles. The predicted octanol–water partition coefficient (Wildman–Crippen LogP) is 6.21. The quantitative estimate of drug-likeness (QED) is 0.428. The minimum Gasteiger partial charge on any atom is -0.326 e. The maximum absolute atomic E-state index is 13.1. The van der Waals surface area contributed by atoms with Crippen LogP contribution in [0.5, 0.6) is 0 Å². The van der Waals surface area contributed by atoms with E-state index in [2.05, 4.69) is 10.6 Å². The van der Waals surface area contributed by atoms with E-state index < -0.39 is 5.25 Å². The molecule has 0 heterocycles. The molecule has 0 spiro atoms. The number of anilines is 2. The van der Waals surface area contributed by atoms with Crippen molar-refractivity contribution in [3.05, 3.63) is 90.0 Å². The van der Waals surface area contributed by atoms with Crippen LogP contribution in [-0.4, -0.2) is 11.8 Å². The average Bonchev–Trinajstić information content (AvgIpc) is 2.75. The van der Waals surface area contributed by atoms with E-state index in [-0.39, 0.29) is 11.8 Å². The van der Waals surface area contributed by atoms with E-state index in [1.54, 1.807) is 0 Å². The summed E-state index contributed by atoms with van der Waals surface area (Å²) in [7, 11) is 0. The van der Waals surface area contributed by atoms with Crippen molar-refractivity contribution in [2.75, 3.05) is 10.6 Å². The maximum atomic E-state index is 13.1. The molecular formula is C25H26N2O2S. The van der Waals surface area contributed by atoms with Gasteiger partial charge in [0, 0.05) is 22.7 Å². The van der Waals surface area contributed by atoms with Crippen LogP contribution in [0.1, 0.15) is 36.1 Å². The van der Waals surface area contributed by atoms with Gasteiger partial charge in [0.05, 0.1) is 0 Å². The molecule has 3 aromatic rings. The molecule has 154 valence electrons. The van der Waals surface area contributed by atoms with Gasteiger partial charge in [-0.05, 0) is 55.3 Å². The molecule has 2 N–H and O–H groups in total. The van der Waals surface area contributed by atoms with Crippen molar-refractivity contribution in [2.24, 2.45) is 0 Å². The minimum absolute atomic E-state index is 0.0116. The number of aryl methyl sites for hydroxylation is 1. The van der Waals surface area contributed by atoms with E-state index in [0.717, 1.165) is 33.8 Å². The van der Waals surface area contributed by atoms with E-state index in [1.807, 2.05) is 92.7 Å². The number of carbonyl (C=O) groups is 2. The Morgan fingerprint density at radius 2 is 1.43 bits per heavy atom. The number of rotatable bonds is 8. The summed E-state index contributed by atoms with van der Waals surface area (Å²) in [5.41, 5.74) is 3.62. The van der Waals surface area contributed by atoms with Gasteiger partial charge >= 0.3 is 0 Å². The van der Waals surface area contributed by atoms with Gasteiger partial charge in [-0.15, -0.1) is 11.8 Å². The molecule has 0 bridgehead atoms. The molecule has 0 fully saturated rings. The lowest BCUT2D eigenvalue weighted by Gasteiger charge is -2.17. The molecule has 3 rings (SSSR count). The van der Waals surface area contributed by atoms with E-state index in [4.69, 9.17) is 0 Å². The van der Waals surface area contributed by atoms with Gasteiger partial charge < -0.3 is 10.6 Å². The Morgan fingerprint density at radius 1 is 0.833 bits per heavy atom. The van der Waals surface area contributed by atoms with Crippen LogP contribution in [0, 0.1) is 6.92 Å². The van der Waals surface area contributed by atoms with Gasteiger partial charge in [0.25, 0.3) is 0 Å². The van der Waals surface area contributed by atoms with Crippen LogP contribution >= 0.6 is 11.8 Å². The number of hydrogen-bond acceptors (Lipinski definition) is 3. The van der Waals surface area contributed by atoms with Crippen molar-refractivity contribution in [3.8, 4) is 0 Å². The van der Waals surface area contributed by atoms with Gasteiger partial charge in [0.15, 0.2) is 0 Å². The van der Waals surface area contributed by atoms with Crippen LogP contribution in [0.2, 0.25) is 0 Å². The second kappa shape index (κ2) is 10.6. The molecule has 3 aromatic carbocycles. The number of amides is 2. The predicted molar refractivity (Wildman–Crippen MR) is 125 cm³/mol. The fourth-order valence-electron chi connectivity index (χ4n) is 2.95. The van der Waals surface area contributed by atoms with E-state index in [0.29, 0.717) is 6.42 Å². The fourth-order valence-corrected chi connectivity index (χ4v) is 3.97. The zero-order chi connectivity index (χ0) is 21.3. The topological polar surface area (TPSA) is 58.2 Å². The van der Waals surface area contributed by atoms with Gasteiger partial charge in [0.2, 0.25) is 11.8 Å². The van der Waals surface area contributed by atoms with Crippen molar-refractivity contribution in [1.29, 1.82) is 0 Å². The number of carbonyl (C=O) groups excluding carboxylic acids is 2. The number of benzene rings is 3. The molecule has 0 saturated carbocycles. The molecule has 0 aliphatic carbocycles. The molecule has 30 heavy (non-hydrogen) atoms. The van der Waals surface area contributed by atoms with Crippen molar-refractivity contribution in [1.82, 2.24) is 0 Å². The van der Waals surface area contributed by atoms with Gasteiger partial charge in [-0.3, -0.25) is 9.59 Å². The fraction of sp³-hybridized carbons (Fsp3) is 0.200. The first-order valence-corrected chi connectivity index (χ1v) is 10.9. The SMILES string of the molecule is CCCC(=O)Nc1ccc(SC(C(=O)Nc2ccc(C)cc2)c2ccccc2)cc1. The van der Waals surface area contributed by atoms with Crippen LogP contribution in [0.4, 0.5) is 11.4 Å². The number of nitrogens with one attached hydrogen (secondary N) is 2. The van der Waals surface area contributed by atoms with E-state index in [1.165, 1.54) is 11.8 Å². The Labute approximate surface area is 182 Å². The molecule has 0 aliphatic rings. The highest BCUT2D eigenvalue weighted by molar-refractivity contribution is 8.00. The molecule has 0 aliphatic heterocycles. The molecule has 0 radical (unpaired) electrons. The Bertz CT molecular complexity index is 970. The van der Waals surface area contributed by atoms with Gasteiger partial charge in [-0.25, -0.2) is 0 Å². The highest BCUT2D eigenvalue weighted by atomic mass is 32.2. The molecule has 1 unspecified atom stereocenters. The second-order valence-electron chi connectivity index (χ2n) is 7.09. The monoisotopic (exact) mass is 418 g/mol. The smallest absolute Gasteiger partial charge is 0.242 e. The summed E-state index contributed by atoms with van der Waals surface area (Å²) in [4.78, 5) is 25.8. The molecule has 4 nitrogen and oxygen atoms in total. The van der Waals surface area contributed by atoms with E-state index >= 15 is 0 Å². The third-order valence-electron chi connectivity index (χ3n) is 4.53. The van der Waals surface area contributed by atoms with Crippen molar-refractivity contribution in [2.45, 2.75) is 36.8 Å². The lowest BCUT2D eigenvalue weighted by atomic mass is 10.1. The Morgan fingerprint density at radius 3 is 2.07 bits per heavy atom. The summed E-state index contributed by atoms with van der Waals surface area (Å²) in [5.74, 6) is -0.0621. The third kappa shape index (κ3) is 6.22. The highest BCUT2D eigenvalue weighted by Crippen LogP contribution is 2.36. The van der Waals surface area contributed by atoms with Crippen LogP contribution < -0.4 is 10.6 Å². The molecular weight excluding hydrogens is 392 g/mol. The second-order valence-corrected chi connectivity index (χ2v) is 8.26. The Hall–Kier alpha value is -3.05. The van der Waals surface area contributed by atoms with Crippen LogP contribution in [0.3, 0.4) is 0 Å². The summed E-state index contributed by atoms with van der Waals surface area (Å²) in [5, 5.41) is 5.51. The van der Waals surface area contributed by atoms with Crippen molar-refractivity contribution < 1.29 is 9.59 Å². The maximum Gasteiger partial charge on any atom is 0.242 e. The summed E-state index contributed by atoms with van der Waals surface area (Å²) < 4.78 is 0. The van der Waals surface area contributed by atoms with Crippen LogP contribution in [-0.2, 0) is 9.59 Å². The van der Waals surface area contributed by atoms with Crippen LogP contribution in [0.15, 0.2) is 83.8 Å². The minimum atomic E-state index is -0.395. The van der Waals surface area contributed by atoms with Crippen molar-refractivity contribution in [3.63, 3.8) is 0 Å². The zero-order valence-corrected chi connectivity index (χ0v) is 18.0. The summed E-state index contributed by atoms with van der Waals surface area (Å²) >= 11 is 1.49. The van der Waals surface area contributed by atoms with Crippen LogP contribution in [0.25, 0.3) is 0 Å². The Balaban J connectivity index is 1.75. The molecule has 0 aromatic heterocycles. The van der Waals surface area contributed by atoms with Crippen molar-refractivity contribution >= 4 is 35.0 Å². The first-order chi connectivity index (χ1) is 14.5. The highest BCUT2D eigenvalue weighted by Gasteiger charge is 2.22. The summed E-state index contributed by atoms with van der Waals surface area (Å²) in [6.07, 6.45) is 1.32. The first-order valence-electron chi connectivity index (χ1n) is 10.0. The zero-order valence-electron chi connectivity index (χ0n) is 17.2. The number of thioether (sulfide) groups is 1. The Kier molecular flexibility index (Phi) is 7.69. The summed E-state index contributed by atoms with van der Waals surface area (Å²) in [6, 6.07) is 25.1. The lowest BCUT2D eigenvalue weighted by molar-refractivity contribution is -0.116. The molecule has 1 atom stereocenters. The lowest BCUT2D eigenvalue weighted by Crippen LogP contribution is -2.19.